The highest BCUT2D eigenvalue weighted by atomic mass is 32.2. The highest BCUT2D eigenvalue weighted by molar-refractivity contribution is 8.00. The van der Waals surface area contributed by atoms with E-state index in [4.69, 9.17) is 0 Å². The molecule has 2 amide bonds. The first-order valence-electron chi connectivity index (χ1n) is 8.97. The Bertz CT molecular complexity index is 975. The molecule has 0 saturated carbocycles. The molecular formula is C20H22N2O4S2. The van der Waals surface area contributed by atoms with Gasteiger partial charge in [-0.05, 0) is 23.8 Å². The fourth-order valence-corrected chi connectivity index (χ4v) is 5.17. The summed E-state index contributed by atoms with van der Waals surface area (Å²) in [5.74, 6) is -0.738. The van der Waals surface area contributed by atoms with Gasteiger partial charge in [0.15, 0.2) is 9.84 Å². The van der Waals surface area contributed by atoms with E-state index >= 15 is 0 Å². The molecule has 0 saturated heterocycles. The average Bonchev–Trinajstić information content (AvgIpc) is 2.81. The number of amides is 2. The third-order valence-corrected chi connectivity index (χ3v) is 7.21. The molecule has 3 rings (SSSR count). The molecule has 1 aliphatic rings. The third kappa shape index (κ3) is 5.36. The number of benzene rings is 2. The summed E-state index contributed by atoms with van der Waals surface area (Å²) >= 11 is 1.54. The van der Waals surface area contributed by atoms with Crippen molar-refractivity contribution >= 4 is 39.1 Å². The lowest BCUT2D eigenvalue weighted by atomic mass is 10.2. The second kappa shape index (κ2) is 8.79. The van der Waals surface area contributed by atoms with Gasteiger partial charge in [0.05, 0.1) is 16.3 Å². The van der Waals surface area contributed by atoms with Crippen molar-refractivity contribution in [1.82, 2.24) is 5.32 Å². The van der Waals surface area contributed by atoms with Gasteiger partial charge in [-0.25, -0.2) is 8.42 Å². The molecule has 1 unspecified atom stereocenters. The van der Waals surface area contributed by atoms with Gasteiger partial charge in [0.1, 0.15) is 0 Å². The van der Waals surface area contributed by atoms with Gasteiger partial charge in [-0.15, -0.1) is 11.8 Å². The molecule has 2 aromatic rings. The summed E-state index contributed by atoms with van der Waals surface area (Å²) in [4.78, 5) is 24.9. The van der Waals surface area contributed by atoms with Crippen LogP contribution in [0, 0.1) is 0 Å². The zero-order valence-corrected chi connectivity index (χ0v) is 17.1. The van der Waals surface area contributed by atoms with Gasteiger partial charge in [-0.3, -0.25) is 9.59 Å². The molecule has 8 heteroatoms. The Morgan fingerprint density at radius 3 is 2.71 bits per heavy atom. The van der Waals surface area contributed by atoms with Crippen LogP contribution in [0.5, 0.6) is 0 Å². The van der Waals surface area contributed by atoms with Gasteiger partial charge < -0.3 is 10.6 Å². The number of nitrogens with one attached hydrogen (secondary N) is 2. The quantitative estimate of drug-likeness (QED) is 0.752. The Morgan fingerprint density at radius 2 is 1.96 bits per heavy atom. The van der Waals surface area contributed by atoms with Crippen LogP contribution in [0.3, 0.4) is 0 Å². The molecule has 2 N–H and O–H groups in total. The molecule has 0 radical (unpaired) electrons. The normalized spacial score (nSPS) is 16.6. The lowest BCUT2D eigenvalue weighted by Gasteiger charge is -2.11. The molecule has 1 aliphatic heterocycles. The first-order valence-corrected chi connectivity index (χ1v) is 11.5. The maximum atomic E-state index is 12.6. The highest BCUT2D eigenvalue weighted by Crippen LogP contribution is 2.36. The van der Waals surface area contributed by atoms with E-state index in [1.54, 1.807) is 6.07 Å². The zero-order chi connectivity index (χ0) is 20.1. The minimum Gasteiger partial charge on any atom is -0.352 e. The molecule has 1 atom stereocenters. The van der Waals surface area contributed by atoms with Crippen LogP contribution in [-0.4, -0.2) is 31.2 Å². The van der Waals surface area contributed by atoms with Gasteiger partial charge >= 0.3 is 0 Å². The SMILES string of the molecule is CC1CC(=O)Nc2cc(S(=O)(=O)CCC(=O)NCc3ccccc3)ccc2S1. The second-order valence-corrected chi connectivity index (χ2v) is 10.3. The first kappa shape index (κ1) is 20.4. The van der Waals surface area contributed by atoms with Gasteiger partial charge in [-0.2, -0.15) is 0 Å². The van der Waals surface area contributed by atoms with Crippen molar-refractivity contribution in [2.45, 2.75) is 41.4 Å². The van der Waals surface area contributed by atoms with Gasteiger partial charge in [0.25, 0.3) is 0 Å². The largest absolute Gasteiger partial charge is 0.352 e. The van der Waals surface area contributed by atoms with Crippen LogP contribution in [-0.2, 0) is 26.0 Å². The predicted molar refractivity (Wildman–Crippen MR) is 110 cm³/mol. The fraction of sp³-hybridized carbons (Fsp3) is 0.300. The number of anilines is 1. The standard InChI is InChI=1S/C20H22N2O4S2/c1-14-11-20(24)22-17-12-16(7-8-18(17)27-14)28(25,26)10-9-19(23)21-13-15-5-3-2-4-6-15/h2-8,12,14H,9-11,13H2,1H3,(H,21,23)(H,22,24). The number of fused-ring (bicyclic) bond motifs is 1. The van der Waals surface area contributed by atoms with Crippen molar-refractivity contribution in [3.63, 3.8) is 0 Å². The summed E-state index contributed by atoms with van der Waals surface area (Å²) < 4.78 is 25.3. The topological polar surface area (TPSA) is 92.3 Å². The molecule has 2 aromatic carbocycles. The van der Waals surface area contributed by atoms with Crippen molar-refractivity contribution in [3.05, 3.63) is 54.1 Å². The van der Waals surface area contributed by atoms with Crippen LogP contribution in [0.15, 0.2) is 58.3 Å². The summed E-state index contributed by atoms with van der Waals surface area (Å²) in [5.41, 5.74) is 1.46. The Kier molecular flexibility index (Phi) is 6.41. The van der Waals surface area contributed by atoms with E-state index in [0.717, 1.165) is 10.5 Å². The Hall–Kier alpha value is -2.32. The van der Waals surface area contributed by atoms with Crippen LogP contribution < -0.4 is 10.6 Å². The summed E-state index contributed by atoms with van der Waals surface area (Å²) in [5, 5.41) is 5.62. The maximum absolute atomic E-state index is 12.6. The van der Waals surface area contributed by atoms with E-state index in [0.29, 0.717) is 18.7 Å². The Balaban J connectivity index is 1.63. The number of rotatable bonds is 6. The number of hydrogen-bond acceptors (Lipinski definition) is 5. The van der Waals surface area contributed by atoms with Gasteiger partial charge in [0, 0.05) is 29.5 Å². The fourth-order valence-electron chi connectivity index (χ4n) is 2.85. The Morgan fingerprint density at radius 1 is 1.21 bits per heavy atom. The maximum Gasteiger partial charge on any atom is 0.225 e. The molecule has 28 heavy (non-hydrogen) atoms. The first-order chi connectivity index (χ1) is 13.3. The summed E-state index contributed by atoms with van der Waals surface area (Å²) in [7, 11) is -3.64. The molecule has 0 bridgehead atoms. The van der Waals surface area contributed by atoms with Crippen LogP contribution in [0.25, 0.3) is 0 Å². The van der Waals surface area contributed by atoms with Crippen LogP contribution in [0.2, 0.25) is 0 Å². The van der Waals surface area contributed by atoms with Crippen molar-refractivity contribution < 1.29 is 18.0 Å². The lowest BCUT2D eigenvalue weighted by molar-refractivity contribution is -0.121. The molecule has 6 nitrogen and oxygen atoms in total. The van der Waals surface area contributed by atoms with E-state index in [-0.39, 0.29) is 34.1 Å². The van der Waals surface area contributed by atoms with Gasteiger partial charge in [0.2, 0.25) is 11.8 Å². The van der Waals surface area contributed by atoms with E-state index in [1.807, 2.05) is 37.3 Å². The highest BCUT2D eigenvalue weighted by Gasteiger charge is 2.22. The smallest absolute Gasteiger partial charge is 0.225 e. The van der Waals surface area contributed by atoms with Crippen molar-refractivity contribution in [1.29, 1.82) is 0 Å². The average molecular weight is 419 g/mol. The van der Waals surface area contributed by atoms with E-state index < -0.39 is 9.84 Å². The number of hydrogen-bond donors (Lipinski definition) is 2. The summed E-state index contributed by atoms with van der Waals surface area (Å²) in [6.45, 7) is 2.32. The number of sulfone groups is 1. The Labute approximate surface area is 169 Å². The van der Waals surface area contributed by atoms with E-state index in [2.05, 4.69) is 10.6 Å². The van der Waals surface area contributed by atoms with E-state index in [1.165, 1.54) is 23.9 Å². The lowest BCUT2D eigenvalue weighted by Crippen LogP contribution is -2.25. The molecule has 0 spiro atoms. The molecule has 0 aliphatic carbocycles. The molecular weight excluding hydrogens is 396 g/mol. The number of carbonyl (C=O) groups excluding carboxylic acids is 2. The summed E-state index contributed by atoms with van der Waals surface area (Å²) in [6.07, 6.45) is 0.257. The molecule has 0 fully saturated rings. The second-order valence-electron chi connectivity index (χ2n) is 6.67. The monoisotopic (exact) mass is 418 g/mol. The summed E-state index contributed by atoms with van der Waals surface area (Å²) in [6, 6.07) is 14.1. The third-order valence-electron chi connectivity index (χ3n) is 4.32. The minimum absolute atomic E-state index is 0.109. The van der Waals surface area contributed by atoms with Crippen molar-refractivity contribution in [2.24, 2.45) is 0 Å². The molecule has 148 valence electrons. The number of thioether (sulfide) groups is 1. The van der Waals surface area contributed by atoms with Crippen LogP contribution in [0.4, 0.5) is 5.69 Å². The predicted octanol–water partition coefficient (Wildman–Crippen LogP) is 2.99. The minimum atomic E-state index is -3.64. The number of carbonyl (C=O) groups is 2. The van der Waals surface area contributed by atoms with E-state index in [9.17, 15) is 18.0 Å². The van der Waals surface area contributed by atoms with Crippen molar-refractivity contribution in [2.75, 3.05) is 11.1 Å². The zero-order valence-electron chi connectivity index (χ0n) is 15.5. The molecule has 1 heterocycles. The van der Waals surface area contributed by atoms with Crippen molar-refractivity contribution in [3.8, 4) is 0 Å². The van der Waals surface area contributed by atoms with Gasteiger partial charge in [-0.1, -0.05) is 37.3 Å². The van der Waals surface area contributed by atoms with Crippen LogP contribution in [0.1, 0.15) is 25.3 Å². The molecule has 0 aromatic heterocycles. The van der Waals surface area contributed by atoms with Crippen LogP contribution >= 0.6 is 11.8 Å².